The van der Waals surface area contributed by atoms with Crippen molar-refractivity contribution in [3.63, 3.8) is 0 Å². The average molecular weight is 548 g/mol. The van der Waals surface area contributed by atoms with E-state index in [1.807, 2.05) is 13.8 Å². The second kappa shape index (κ2) is 12.4. The first-order valence-corrected chi connectivity index (χ1v) is 15.2. The molecule has 200 valence electrons. The number of hydrogen-bond donors (Lipinski definition) is 0. The van der Waals surface area contributed by atoms with Crippen LogP contribution in [0.2, 0.25) is 0 Å². The van der Waals surface area contributed by atoms with Gasteiger partial charge in [-0.3, -0.25) is 9.69 Å². The molecule has 0 N–H and O–H groups in total. The van der Waals surface area contributed by atoms with E-state index >= 15 is 0 Å². The van der Waals surface area contributed by atoms with Crippen molar-refractivity contribution in [3.05, 3.63) is 53.8 Å². The number of carbonyl (C=O) groups excluding carboxylic acids is 1. The minimum absolute atomic E-state index is 0.133. The molecule has 1 aliphatic rings. The molecule has 1 amide bonds. The van der Waals surface area contributed by atoms with E-state index in [1.165, 1.54) is 38.7 Å². The van der Waals surface area contributed by atoms with E-state index < -0.39 is 15.8 Å². The molecule has 1 atom stereocenters. The van der Waals surface area contributed by atoms with Crippen LogP contribution in [0.3, 0.4) is 0 Å². The van der Waals surface area contributed by atoms with Crippen LogP contribution < -0.4 is 4.90 Å². The molecule has 0 aliphatic carbocycles. The molecule has 0 bridgehead atoms. The molecule has 0 radical (unpaired) electrons. The maximum absolute atomic E-state index is 14.3. The van der Waals surface area contributed by atoms with E-state index in [-0.39, 0.29) is 22.4 Å². The molecule has 37 heavy (non-hydrogen) atoms. The van der Waals surface area contributed by atoms with Gasteiger partial charge in [-0.2, -0.15) is 4.31 Å². The molecule has 1 fully saturated rings. The first-order chi connectivity index (χ1) is 17.8. The lowest BCUT2D eigenvalue weighted by Crippen LogP contribution is -2.37. The number of halogens is 1. The van der Waals surface area contributed by atoms with Crippen LogP contribution >= 0.6 is 11.3 Å². The normalized spacial score (nSPS) is 16.1. The topological polar surface area (TPSA) is 79.8 Å². The highest BCUT2D eigenvalue weighted by Crippen LogP contribution is 2.32. The molecule has 2 heterocycles. The molecule has 1 aromatic heterocycles. The van der Waals surface area contributed by atoms with Gasteiger partial charge in [-0.15, -0.1) is 0 Å². The summed E-state index contributed by atoms with van der Waals surface area (Å²) in [6.45, 7) is 5.95. The standard InChI is InChI=1S/C27H34FN3O4S2/c1-3-5-16-30(17-6-4-2)37(33,34)22-14-12-20(13-15-22)26(32)31(19-21-9-8-18-35-21)27-29-25-23(28)10-7-11-24(25)36-27/h7,10-15,21H,3-6,8-9,16-19H2,1-2H3. The van der Waals surface area contributed by atoms with Gasteiger partial charge in [0.25, 0.3) is 5.91 Å². The number of hydrogen-bond acceptors (Lipinski definition) is 6. The number of amides is 1. The number of thiazole rings is 1. The van der Waals surface area contributed by atoms with Crippen LogP contribution in [-0.2, 0) is 14.8 Å². The number of aromatic nitrogens is 1. The second-order valence-corrected chi connectivity index (χ2v) is 12.2. The van der Waals surface area contributed by atoms with Gasteiger partial charge in [-0.1, -0.05) is 44.1 Å². The third-order valence-corrected chi connectivity index (χ3v) is 9.46. The summed E-state index contributed by atoms with van der Waals surface area (Å²) in [4.78, 5) is 19.8. The van der Waals surface area contributed by atoms with E-state index in [9.17, 15) is 17.6 Å². The number of anilines is 1. The predicted molar refractivity (Wildman–Crippen MR) is 145 cm³/mol. The summed E-state index contributed by atoms with van der Waals surface area (Å²) in [6, 6.07) is 10.8. The van der Waals surface area contributed by atoms with Crippen molar-refractivity contribution >= 4 is 42.6 Å². The van der Waals surface area contributed by atoms with Gasteiger partial charge in [0.15, 0.2) is 5.13 Å². The average Bonchev–Trinajstić information content (AvgIpc) is 3.57. The van der Waals surface area contributed by atoms with Crippen molar-refractivity contribution in [2.75, 3.05) is 31.1 Å². The Balaban J connectivity index is 1.61. The van der Waals surface area contributed by atoms with Crippen molar-refractivity contribution in [1.29, 1.82) is 0 Å². The van der Waals surface area contributed by atoms with Crippen molar-refractivity contribution in [2.24, 2.45) is 0 Å². The summed E-state index contributed by atoms with van der Waals surface area (Å²) < 4.78 is 48.9. The van der Waals surface area contributed by atoms with Gasteiger partial charge in [0, 0.05) is 25.3 Å². The number of carbonyl (C=O) groups is 1. The van der Waals surface area contributed by atoms with Gasteiger partial charge in [0.2, 0.25) is 10.0 Å². The minimum atomic E-state index is -3.66. The Hall–Kier alpha value is -2.40. The van der Waals surface area contributed by atoms with Gasteiger partial charge in [0.1, 0.15) is 11.3 Å². The molecular formula is C27H34FN3O4S2. The molecule has 0 spiro atoms. The molecular weight excluding hydrogens is 513 g/mol. The van der Waals surface area contributed by atoms with Crippen LogP contribution in [0.5, 0.6) is 0 Å². The molecule has 1 aliphatic heterocycles. The summed E-state index contributed by atoms with van der Waals surface area (Å²) in [6.07, 6.45) is 5.00. The number of benzene rings is 2. The zero-order valence-corrected chi connectivity index (χ0v) is 23.0. The Morgan fingerprint density at radius 3 is 2.41 bits per heavy atom. The SMILES string of the molecule is CCCCN(CCCC)S(=O)(=O)c1ccc(C(=O)N(CC2CCCO2)c2nc3c(F)cccc3s2)cc1. The molecule has 1 saturated heterocycles. The molecule has 2 aromatic carbocycles. The monoisotopic (exact) mass is 547 g/mol. The highest BCUT2D eigenvalue weighted by atomic mass is 32.2. The molecule has 3 aromatic rings. The zero-order chi connectivity index (χ0) is 26.4. The van der Waals surface area contributed by atoms with E-state index in [0.29, 0.717) is 41.6 Å². The quantitative estimate of drug-likeness (QED) is 0.284. The highest BCUT2D eigenvalue weighted by Gasteiger charge is 2.29. The van der Waals surface area contributed by atoms with Crippen LogP contribution in [0.25, 0.3) is 10.2 Å². The fourth-order valence-electron chi connectivity index (χ4n) is 4.35. The summed E-state index contributed by atoms with van der Waals surface area (Å²) >= 11 is 1.25. The fraction of sp³-hybridized carbons (Fsp3) is 0.481. The van der Waals surface area contributed by atoms with Crippen LogP contribution in [0, 0.1) is 5.82 Å². The van der Waals surface area contributed by atoms with E-state index in [2.05, 4.69) is 4.98 Å². The molecule has 7 nitrogen and oxygen atoms in total. The van der Waals surface area contributed by atoms with Crippen molar-refractivity contribution in [1.82, 2.24) is 9.29 Å². The third-order valence-electron chi connectivity index (χ3n) is 6.51. The van der Waals surface area contributed by atoms with Crippen LogP contribution in [0.4, 0.5) is 9.52 Å². The highest BCUT2D eigenvalue weighted by molar-refractivity contribution is 7.89. The first kappa shape index (κ1) is 27.6. The van der Waals surface area contributed by atoms with Gasteiger partial charge in [-0.25, -0.2) is 17.8 Å². The Kier molecular flexibility index (Phi) is 9.28. The molecule has 4 rings (SSSR count). The van der Waals surface area contributed by atoms with Crippen LogP contribution in [0.1, 0.15) is 62.7 Å². The Labute approximate surface area is 222 Å². The summed E-state index contributed by atoms with van der Waals surface area (Å²) in [5.41, 5.74) is 0.568. The summed E-state index contributed by atoms with van der Waals surface area (Å²) in [5.74, 6) is -0.762. The molecule has 1 unspecified atom stereocenters. The lowest BCUT2D eigenvalue weighted by Gasteiger charge is -2.24. The lowest BCUT2D eigenvalue weighted by atomic mass is 10.2. The number of nitrogens with zero attached hydrogens (tertiary/aromatic N) is 3. The van der Waals surface area contributed by atoms with Crippen LogP contribution in [-0.4, -0.2) is 56.0 Å². The first-order valence-electron chi connectivity index (χ1n) is 12.9. The van der Waals surface area contributed by atoms with Crippen molar-refractivity contribution in [2.45, 2.75) is 63.4 Å². The minimum Gasteiger partial charge on any atom is -0.376 e. The number of para-hydroxylation sites is 1. The van der Waals surface area contributed by atoms with E-state index in [1.54, 1.807) is 24.3 Å². The zero-order valence-electron chi connectivity index (χ0n) is 21.4. The maximum Gasteiger partial charge on any atom is 0.260 e. The van der Waals surface area contributed by atoms with Crippen LogP contribution in [0.15, 0.2) is 47.4 Å². The van der Waals surface area contributed by atoms with Gasteiger partial charge in [0.05, 0.1) is 22.2 Å². The predicted octanol–water partition coefficient (Wildman–Crippen LogP) is 5.85. The Bertz CT molecular complexity index is 1300. The van der Waals surface area contributed by atoms with Gasteiger partial charge in [-0.05, 0) is 62.1 Å². The van der Waals surface area contributed by atoms with E-state index in [4.69, 9.17) is 4.74 Å². The maximum atomic E-state index is 14.3. The largest absolute Gasteiger partial charge is 0.376 e. The number of sulfonamides is 1. The smallest absolute Gasteiger partial charge is 0.260 e. The van der Waals surface area contributed by atoms with E-state index in [0.717, 1.165) is 38.5 Å². The molecule has 0 saturated carbocycles. The van der Waals surface area contributed by atoms with Crippen molar-refractivity contribution < 1.29 is 22.3 Å². The summed E-state index contributed by atoms with van der Waals surface area (Å²) in [7, 11) is -3.66. The van der Waals surface area contributed by atoms with Crippen molar-refractivity contribution in [3.8, 4) is 0 Å². The fourth-order valence-corrected chi connectivity index (χ4v) is 6.86. The van der Waals surface area contributed by atoms with Gasteiger partial charge < -0.3 is 4.74 Å². The molecule has 10 heteroatoms. The second-order valence-electron chi connectivity index (χ2n) is 9.27. The Morgan fingerprint density at radius 1 is 1.11 bits per heavy atom. The Morgan fingerprint density at radius 2 is 1.81 bits per heavy atom. The number of ether oxygens (including phenoxy) is 1. The summed E-state index contributed by atoms with van der Waals surface area (Å²) in [5, 5.41) is 0.391. The number of rotatable bonds is 12. The number of unbranched alkanes of at least 4 members (excludes halogenated alkanes) is 2. The van der Waals surface area contributed by atoms with Gasteiger partial charge >= 0.3 is 0 Å². The third kappa shape index (κ3) is 6.37. The lowest BCUT2D eigenvalue weighted by molar-refractivity contribution is 0.0917. The number of fused-ring (bicyclic) bond motifs is 1.